The minimum Gasteiger partial charge on any atom is -0.289 e. The molecule has 0 aliphatic heterocycles. The number of rotatable bonds is 0. The summed E-state index contributed by atoms with van der Waals surface area (Å²) in [7, 11) is 0. The second-order valence-electron chi connectivity index (χ2n) is 4.09. The Hall–Kier alpha value is -2.27. The van der Waals surface area contributed by atoms with Gasteiger partial charge in [0.15, 0.2) is 5.43 Å². The highest BCUT2D eigenvalue weighted by Crippen LogP contribution is 2.26. The van der Waals surface area contributed by atoms with Gasteiger partial charge in [0.1, 0.15) is 11.0 Å². The third-order valence-corrected chi connectivity index (χ3v) is 4.15. The fraction of sp³-hybridized carbons (Fsp3) is 0. The molecule has 0 atom stereocenters. The van der Waals surface area contributed by atoms with Gasteiger partial charge in [-0.15, -0.1) is 11.3 Å². The first-order valence-electron chi connectivity index (χ1n) is 5.49. The summed E-state index contributed by atoms with van der Waals surface area (Å²) < 4.78 is 1.94. The first-order valence-corrected chi connectivity index (χ1v) is 6.31. The third-order valence-electron chi connectivity index (χ3n) is 3.01. The molecule has 4 aromatic rings. The number of hydrogen-bond acceptors (Lipinski definition) is 4. The van der Waals surface area contributed by atoms with E-state index < -0.39 is 0 Å². The summed E-state index contributed by atoms with van der Waals surface area (Å²) in [5.74, 6) is 0. The molecule has 2 heterocycles. The van der Waals surface area contributed by atoms with Gasteiger partial charge in [0.05, 0.1) is 0 Å². The molecule has 4 nitrogen and oxygen atoms in total. The van der Waals surface area contributed by atoms with Gasteiger partial charge in [-0.25, -0.2) is 0 Å². The van der Waals surface area contributed by atoms with Crippen LogP contribution in [0.2, 0.25) is 0 Å². The lowest BCUT2D eigenvalue weighted by atomic mass is 10.1. The molecule has 0 bridgehead atoms. The SMILES string of the molecule is O=c1c2ccccc2sc2cc3n[nH]nc3cc12. The maximum absolute atomic E-state index is 12.4. The molecule has 4 rings (SSSR count). The lowest BCUT2D eigenvalue weighted by molar-refractivity contribution is 0.959. The van der Waals surface area contributed by atoms with Crippen LogP contribution in [0.15, 0.2) is 41.2 Å². The van der Waals surface area contributed by atoms with Crippen LogP contribution in [-0.4, -0.2) is 15.4 Å². The molecule has 0 saturated heterocycles. The summed E-state index contributed by atoms with van der Waals surface area (Å²) >= 11 is 1.60. The van der Waals surface area contributed by atoms with E-state index in [0.29, 0.717) is 5.39 Å². The quantitative estimate of drug-likeness (QED) is 0.490. The molecule has 0 spiro atoms. The summed E-state index contributed by atoms with van der Waals surface area (Å²) in [6, 6.07) is 11.4. The molecule has 0 unspecified atom stereocenters. The van der Waals surface area contributed by atoms with Crippen LogP contribution in [-0.2, 0) is 0 Å². The molecule has 1 N–H and O–H groups in total. The standard InChI is InChI=1S/C13H7N3OS/c17-13-7-3-1-2-4-11(7)18-12-6-10-9(5-8(12)13)14-16-15-10/h1-6H,(H,14,15,16). The van der Waals surface area contributed by atoms with Gasteiger partial charge in [-0.3, -0.25) is 4.79 Å². The summed E-state index contributed by atoms with van der Waals surface area (Å²) in [6.07, 6.45) is 0. The van der Waals surface area contributed by atoms with Crippen molar-refractivity contribution in [2.45, 2.75) is 0 Å². The summed E-state index contributed by atoms with van der Waals surface area (Å²) in [5, 5.41) is 12.1. The predicted octanol–water partition coefficient (Wildman–Crippen LogP) is 2.69. The Balaban J connectivity index is 2.33. The number of H-pyrrole nitrogens is 1. The van der Waals surface area contributed by atoms with Crippen LogP contribution in [0.3, 0.4) is 0 Å². The molecule has 2 aromatic carbocycles. The highest BCUT2D eigenvalue weighted by molar-refractivity contribution is 7.24. The predicted molar refractivity (Wildman–Crippen MR) is 73.0 cm³/mol. The van der Waals surface area contributed by atoms with Crippen molar-refractivity contribution in [3.05, 3.63) is 46.6 Å². The van der Waals surface area contributed by atoms with Crippen molar-refractivity contribution in [1.82, 2.24) is 15.4 Å². The lowest BCUT2D eigenvalue weighted by Gasteiger charge is -1.99. The second kappa shape index (κ2) is 3.36. The molecule has 0 amide bonds. The first-order chi connectivity index (χ1) is 8.83. The third kappa shape index (κ3) is 1.22. The fourth-order valence-corrected chi connectivity index (χ4v) is 3.22. The Morgan fingerprint density at radius 3 is 2.61 bits per heavy atom. The van der Waals surface area contributed by atoms with Crippen molar-refractivity contribution < 1.29 is 0 Å². The average molecular weight is 253 g/mol. The van der Waals surface area contributed by atoms with Crippen molar-refractivity contribution in [2.24, 2.45) is 0 Å². The van der Waals surface area contributed by atoms with Crippen molar-refractivity contribution in [2.75, 3.05) is 0 Å². The maximum atomic E-state index is 12.4. The topological polar surface area (TPSA) is 58.6 Å². The Kier molecular flexibility index (Phi) is 1.82. The molecule has 2 aromatic heterocycles. The average Bonchev–Trinajstić information content (AvgIpc) is 2.84. The molecule has 0 aliphatic rings. The van der Waals surface area contributed by atoms with Gasteiger partial charge >= 0.3 is 0 Å². The van der Waals surface area contributed by atoms with E-state index in [2.05, 4.69) is 15.4 Å². The van der Waals surface area contributed by atoms with E-state index in [4.69, 9.17) is 0 Å². The molecule has 0 radical (unpaired) electrons. The molecule has 0 aliphatic carbocycles. The smallest absolute Gasteiger partial charge is 0.195 e. The largest absolute Gasteiger partial charge is 0.289 e. The number of benzene rings is 2. The van der Waals surface area contributed by atoms with Crippen LogP contribution >= 0.6 is 11.3 Å². The second-order valence-corrected chi connectivity index (χ2v) is 5.17. The van der Waals surface area contributed by atoms with Gasteiger partial charge in [0.2, 0.25) is 0 Å². The molecular weight excluding hydrogens is 246 g/mol. The van der Waals surface area contributed by atoms with Crippen LogP contribution in [0, 0.1) is 0 Å². The van der Waals surface area contributed by atoms with Crippen molar-refractivity contribution >= 4 is 42.5 Å². The van der Waals surface area contributed by atoms with Gasteiger partial charge in [0, 0.05) is 20.2 Å². The summed E-state index contributed by atoms with van der Waals surface area (Å²) in [6.45, 7) is 0. The minimum atomic E-state index is 0.0595. The van der Waals surface area contributed by atoms with Crippen LogP contribution in [0.1, 0.15) is 0 Å². The Labute approximate surface area is 105 Å². The zero-order valence-electron chi connectivity index (χ0n) is 9.18. The van der Waals surface area contributed by atoms with Crippen LogP contribution in [0.25, 0.3) is 31.2 Å². The van der Waals surface area contributed by atoms with Crippen LogP contribution < -0.4 is 5.43 Å². The highest BCUT2D eigenvalue weighted by Gasteiger charge is 2.08. The van der Waals surface area contributed by atoms with Gasteiger partial charge < -0.3 is 0 Å². The molecule has 5 heteroatoms. The van der Waals surface area contributed by atoms with Crippen LogP contribution in [0.4, 0.5) is 0 Å². The van der Waals surface area contributed by atoms with E-state index in [1.807, 2.05) is 30.3 Å². The zero-order valence-corrected chi connectivity index (χ0v) is 9.99. The Morgan fingerprint density at radius 2 is 1.72 bits per heavy atom. The number of nitrogens with one attached hydrogen (secondary N) is 1. The van der Waals surface area contributed by atoms with Crippen molar-refractivity contribution in [1.29, 1.82) is 0 Å². The Morgan fingerprint density at radius 1 is 0.944 bits per heavy atom. The molecule has 86 valence electrons. The first kappa shape index (κ1) is 9.73. The highest BCUT2D eigenvalue weighted by atomic mass is 32.1. The number of fused-ring (bicyclic) bond motifs is 3. The van der Waals surface area contributed by atoms with Gasteiger partial charge in [-0.05, 0) is 24.3 Å². The zero-order chi connectivity index (χ0) is 12.1. The number of hydrogen-bond donors (Lipinski definition) is 1. The normalized spacial score (nSPS) is 11.6. The molecular formula is C13H7N3OS. The molecule has 0 saturated carbocycles. The van der Waals surface area contributed by atoms with Gasteiger partial charge in [-0.2, -0.15) is 15.4 Å². The van der Waals surface area contributed by atoms with E-state index in [0.717, 1.165) is 25.8 Å². The number of nitrogens with zero attached hydrogens (tertiary/aromatic N) is 2. The van der Waals surface area contributed by atoms with Crippen molar-refractivity contribution in [3.8, 4) is 0 Å². The van der Waals surface area contributed by atoms with Crippen molar-refractivity contribution in [3.63, 3.8) is 0 Å². The Bertz CT molecular complexity index is 955. The molecule has 18 heavy (non-hydrogen) atoms. The lowest BCUT2D eigenvalue weighted by Crippen LogP contribution is -2.00. The van der Waals surface area contributed by atoms with Gasteiger partial charge in [0.25, 0.3) is 0 Å². The molecule has 0 fully saturated rings. The summed E-state index contributed by atoms with van der Waals surface area (Å²) in [5.41, 5.74) is 1.57. The van der Waals surface area contributed by atoms with Crippen LogP contribution in [0.5, 0.6) is 0 Å². The van der Waals surface area contributed by atoms with E-state index in [-0.39, 0.29) is 5.43 Å². The minimum absolute atomic E-state index is 0.0595. The monoisotopic (exact) mass is 253 g/mol. The van der Waals surface area contributed by atoms with E-state index in [9.17, 15) is 4.79 Å². The van der Waals surface area contributed by atoms with E-state index in [1.165, 1.54) is 0 Å². The fourth-order valence-electron chi connectivity index (χ4n) is 2.14. The number of aromatic nitrogens is 3. The maximum Gasteiger partial charge on any atom is 0.195 e. The van der Waals surface area contributed by atoms with Gasteiger partial charge in [-0.1, -0.05) is 12.1 Å². The van der Waals surface area contributed by atoms with E-state index >= 15 is 0 Å². The summed E-state index contributed by atoms with van der Waals surface area (Å²) in [4.78, 5) is 12.4. The number of aromatic amines is 1. The van der Waals surface area contributed by atoms with E-state index in [1.54, 1.807) is 17.4 Å².